The molecule has 0 aliphatic rings. The fraction of sp³-hybridized carbons (Fsp3) is 0. The molecular weight excluding hydrogens is 350 g/mol. The van der Waals surface area contributed by atoms with Crippen molar-refractivity contribution in [3.8, 4) is 0 Å². The van der Waals surface area contributed by atoms with E-state index in [4.69, 9.17) is 0 Å². The molecule has 0 aliphatic carbocycles. The van der Waals surface area contributed by atoms with Crippen molar-refractivity contribution in [3.05, 3.63) is 83.6 Å². The number of amides is 1. The van der Waals surface area contributed by atoms with Crippen LogP contribution in [0.3, 0.4) is 0 Å². The summed E-state index contributed by atoms with van der Waals surface area (Å²) in [5.41, 5.74) is 0.233. The Kier molecular flexibility index (Phi) is 4.83. The zero-order valence-corrected chi connectivity index (χ0v) is 13.1. The molecule has 0 saturated heterocycles. The van der Waals surface area contributed by atoms with E-state index >= 15 is 0 Å². The second-order valence-electron chi connectivity index (χ2n) is 5.24. The van der Waals surface area contributed by atoms with Crippen molar-refractivity contribution in [1.29, 1.82) is 0 Å². The molecule has 0 saturated carbocycles. The Hall–Kier alpha value is -3.42. The first-order valence-electron chi connectivity index (χ1n) is 7.37. The summed E-state index contributed by atoms with van der Waals surface area (Å²) in [6.45, 7) is 0. The maximum Gasteiger partial charge on any atom is 0.255 e. The molecule has 0 fully saturated rings. The molecule has 2 aromatic carbocycles. The van der Waals surface area contributed by atoms with Crippen LogP contribution in [0.15, 0.2) is 54.7 Å². The van der Waals surface area contributed by atoms with Crippen molar-refractivity contribution in [3.63, 3.8) is 0 Å². The minimum atomic E-state index is -1.61. The molecule has 0 atom stereocenters. The van der Waals surface area contributed by atoms with Gasteiger partial charge in [0.05, 0.1) is 5.69 Å². The number of anilines is 3. The number of benzene rings is 2. The van der Waals surface area contributed by atoms with E-state index < -0.39 is 29.2 Å². The maximum atomic E-state index is 13.7. The summed E-state index contributed by atoms with van der Waals surface area (Å²) < 4.78 is 52.8. The third-order valence-corrected chi connectivity index (χ3v) is 3.42. The predicted octanol–water partition coefficient (Wildman–Crippen LogP) is 4.63. The molecule has 3 aromatic rings. The largest absolute Gasteiger partial charge is 0.338 e. The van der Waals surface area contributed by atoms with Crippen LogP contribution in [0.5, 0.6) is 0 Å². The van der Waals surface area contributed by atoms with Gasteiger partial charge in [-0.15, -0.1) is 0 Å². The quantitative estimate of drug-likeness (QED) is 0.526. The lowest BCUT2D eigenvalue weighted by molar-refractivity contribution is 0.102. The van der Waals surface area contributed by atoms with Gasteiger partial charge in [-0.3, -0.25) is 4.79 Å². The van der Waals surface area contributed by atoms with Crippen molar-refractivity contribution in [2.75, 3.05) is 10.6 Å². The summed E-state index contributed by atoms with van der Waals surface area (Å²) in [6, 6.07) is 9.67. The molecule has 0 bridgehead atoms. The van der Waals surface area contributed by atoms with Crippen LogP contribution in [0, 0.1) is 23.3 Å². The third kappa shape index (κ3) is 3.80. The minimum absolute atomic E-state index is 0.0571. The topological polar surface area (TPSA) is 54.0 Å². The van der Waals surface area contributed by atoms with Crippen LogP contribution < -0.4 is 10.6 Å². The smallest absolute Gasteiger partial charge is 0.255 e. The zero-order valence-electron chi connectivity index (χ0n) is 13.1. The number of nitrogens with one attached hydrogen (secondary N) is 2. The van der Waals surface area contributed by atoms with Gasteiger partial charge in [0.2, 0.25) is 0 Å². The molecule has 26 heavy (non-hydrogen) atoms. The van der Waals surface area contributed by atoms with E-state index in [0.29, 0.717) is 5.69 Å². The number of aromatic nitrogens is 1. The van der Waals surface area contributed by atoms with E-state index in [9.17, 15) is 22.4 Å². The van der Waals surface area contributed by atoms with Crippen molar-refractivity contribution in [2.45, 2.75) is 0 Å². The number of pyridine rings is 1. The molecule has 1 aromatic heterocycles. The van der Waals surface area contributed by atoms with E-state index in [-0.39, 0.29) is 17.1 Å². The lowest BCUT2D eigenvalue weighted by atomic mass is 10.2. The Bertz CT molecular complexity index is 961. The molecule has 4 nitrogen and oxygen atoms in total. The highest BCUT2D eigenvalue weighted by Gasteiger charge is 2.14. The number of hydrogen-bond acceptors (Lipinski definition) is 3. The zero-order chi connectivity index (χ0) is 18.7. The monoisotopic (exact) mass is 361 g/mol. The van der Waals surface area contributed by atoms with E-state index in [1.54, 1.807) is 0 Å². The molecule has 132 valence electrons. The molecule has 0 aliphatic heterocycles. The minimum Gasteiger partial charge on any atom is -0.338 e. The van der Waals surface area contributed by atoms with Gasteiger partial charge in [-0.1, -0.05) is 0 Å². The number of halogens is 4. The van der Waals surface area contributed by atoms with E-state index in [0.717, 1.165) is 12.1 Å². The first-order chi connectivity index (χ1) is 12.4. The van der Waals surface area contributed by atoms with E-state index in [1.807, 2.05) is 0 Å². The Morgan fingerprint density at radius 3 is 2.35 bits per heavy atom. The molecule has 1 amide bonds. The maximum absolute atomic E-state index is 13.7. The second-order valence-corrected chi connectivity index (χ2v) is 5.24. The van der Waals surface area contributed by atoms with Gasteiger partial charge in [0, 0.05) is 17.4 Å². The summed E-state index contributed by atoms with van der Waals surface area (Å²) in [5.74, 6) is -5.21. The van der Waals surface area contributed by atoms with Crippen LogP contribution >= 0.6 is 0 Å². The molecule has 0 spiro atoms. The van der Waals surface area contributed by atoms with Gasteiger partial charge in [0.15, 0.2) is 17.5 Å². The molecular formula is C18H11F4N3O. The second kappa shape index (κ2) is 7.22. The van der Waals surface area contributed by atoms with Gasteiger partial charge in [0.25, 0.3) is 5.91 Å². The third-order valence-electron chi connectivity index (χ3n) is 3.42. The fourth-order valence-electron chi connectivity index (χ4n) is 2.14. The first kappa shape index (κ1) is 17.4. The van der Waals surface area contributed by atoms with Crippen molar-refractivity contribution < 1.29 is 22.4 Å². The molecule has 8 heteroatoms. The molecule has 3 rings (SSSR count). The number of hydrogen-bond donors (Lipinski definition) is 2. The SMILES string of the molecule is O=C(Nc1ccc(F)cc1)c1ccnc(Nc2ccc(F)c(F)c2F)c1. The normalized spacial score (nSPS) is 10.5. The van der Waals surface area contributed by atoms with E-state index in [2.05, 4.69) is 15.6 Å². The summed E-state index contributed by atoms with van der Waals surface area (Å²) in [5, 5.41) is 5.04. The average molecular weight is 361 g/mol. The number of carbonyl (C=O) groups is 1. The summed E-state index contributed by atoms with van der Waals surface area (Å²) >= 11 is 0. The van der Waals surface area contributed by atoms with Crippen molar-refractivity contribution in [1.82, 2.24) is 4.98 Å². The summed E-state index contributed by atoms with van der Waals surface area (Å²) in [6.07, 6.45) is 1.29. The number of rotatable bonds is 4. The van der Waals surface area contributed by atoms with Gasteiger partial charge in [0.1, 0.15) is 11.6 Å². The summed E-state index contributed by atoms with van der Waals surface area (Å²) in [4.78, 5) is 16.1. The van der Waals surface area contributed by atoms with Crippen LogP contribution in [0.4, 0.5) is 34.8 Å². The van der Waals surface area contributed by atoms with Crippen LogP contribution in [-0.4, -0.2) is 10.9 Å². The Labute approximate surface area is 145 Å². The van der Waals surface area contributed by atoms with Gasteiger partial charge in [-0.25, -0.2) is 22.5 Å². The standard InChI is InChI=1S/C18H11F4N3O/c19-11-1-3-12(4-2-11)24-18(26)10-7-8-23-15(9-10)25-14-6-5-13(20)16(21)17(14)22/h1-9H,(H,23,25)(H,24,26). The molecule has 1 heterocycles. The molecule has 0 unspecified atom stereocenters. The summed E-state index contributed by atoms with van der Waals surface area (Å²) in [7, 11) is 0. The van der Waals surface area contributed by atoms with Crippen LogP contribution in [0.25, 0.3) is 0 Å². The van der Waals surface area contributed by atoms with Crippen LogP contribution in [0.2, 0.25) is 0 Å². The van der Waals surface area contributed by atoms with Gasteiger partial charge in [-0.2, -0.15) is 0 Å². The Balaban J connectivity index is 1.79. The number of nitrogens with zero attached hydrogens (tertiary/aromatic N) is 1. The lowest BCUT2D eigenvalue weighted by Gasteiger charge is -2.09. The highest BCUT2D eigenvalue weighted by Crippen LogP contribution is 2.23. The Morgan fingerprint density at radius 1 is 0.885 bits per heavy atom. The average Bonchev–Trinajstić information content (AvgIpc) is 2.64. The number of carbonyl (C=O) groups excluding carboxylic acids is 1. The van der Waals surface area contributed by atoms with Crippen molar-refractivity contribution in [2.24, 2.45) is 0 Å². The fourth-order valence-corrected chi connectivity index (χ4v) is 2.14. The molecule has 2 N–H and O–H groups in total. The van der Waals surface area contributed by atoms with Crippen molar-refractivity contribution >= 4 is 23.1 Å². The van der Waals surface area contributed by atoms with Gasteiger partial charge < -0.3 is 10.6 Å². The van der Waals surface area contributed by atoms with Crippen LogP contribution in [-0.2, 0) is 0 Å². The highest BCUT2D eigenvalue weighted by molar-refractivity contribution is 6.04. The molecule has 0 radical (unpaired) electrons. The lowest BCUT2D eigenvalue weighted by Crippen LogP contribution is -2.12. The first-order valence-corrected chi connectivity index (χ1v) is 7.37. The predicted molar refractivity (Wildman–Crippen MR) is 88.2 cm³/mol. The van der Waals surface area contributed by atoms with E-state index in [1.165, 1.54) is 42.6 Å². The van der Waals surface area contributed by atoms with Gasteiger partial charge >= 0.3 is 0 Å². The highest BCUT2D eigenvalue weighted by atomic mass is 19.2. The Morgan fingerprint density at radius 2 is 1.62 bits per heavy atom. The van der Waals surface area contributed by atoms with Gasteiger partial charge in [-0.05, 0) is 48.5 Å². The van der Waals surface area contributed by atoms with Crippen LogP contribution in [0.1, 0.15) is 10.4 Å².